The number of hydrogen-bond acceptors (Lipinski definition) is 3. The third-order valence-electron chi connectivity index (χ3n) is 3.10. The first-order chi connectivity index (χ1) is 8.56. The van der Waals surface area contributed by atoms with Crippen molar-refractivity contribution in [3.8, 4) is 11.3 Å². The van der Waals surface area contributed by atoms with Gasteiger partial charge in [-0.25, -0.2) is 4.52 Å². The molecule has 0 unspecified atom stereocenters. The van der Waals surface area contributed by atoms with Gasteiger partial charge in [-0.1, -0.05) is 0 Å². The summed E-state index contributed by atoms with van der Waals surface area (Å²) in [4.78, 5) is 14.5. The number of fused-ring (bicyclic) bond motifs is 1. The zero-order valence-corrected chi connectivity index (χ0v) is 10.4. The molecular weight excluding hydrogens is 230 g/mol. The lowest BCUT2D eigenvalue weighted by Crippen LogP contribution is -2.09. The minimum atomic E-state index is -0.135. The Hall–Kier alpha value is -2.37. The van der Waals surface area contributed by atoms with E-state index in [4.69, 9.17) is 0 Å². The van der Waals surface area contributed by atoms with Gasteiger partial charge in [0.05, 0.1) is 17.6 Å². The highest BCUT2D eigenvalue weighted by Gasteiger charge is 2.12. The standard InChI is InChI=1S/C12H13N5O/c1-7-8(2)15-17-10(4-11(18)14-12(7)17)9-5-13-16(3)6-9/h4-6H,1-3H3,(H,14,18). The highest BCUT2D eigenvalue weighted by Crippen LogP contribution is 2.20. The van der Waals surface area contributed by atoms with Gasteiger partial charge in [0.2, 0.25) is 0 Å². The van der Waals surface area contributed by atoms with Gasteiger partial charge in [0.25, 0.3) is 5.56 Å². The first kappa shape index (κ1) is 10.8. The molecule has 0 radical (unpaired) electrons. The average molecular weight is 243 g/mol. The summed E-state index contributed by atoms with van der Waals surface area (Å²) in [5.74, 6) is 0. The molecule has 18 heavy (non-hydrogen) atoms. The van der Waals surface area contributed by atoms with Crippen LogP contribution < -0.4 is 5.56 Å². The van der Waals surface area contributed by atoms with Gasteiger partial charge in [0.15, 0.2) is 0 Å². The van der Waals surface area contributed by atoms with Crippen LogP contribution in [0.1, 0.15) is 11.3 Å². The fourth-order valence-electron chi connectivity index (χ4n) is 2.02. The number of nitrogens with one attached hydrogen (secondary N) is 1. The largest absolute Gasteiger partial charge is 0.307 e. The van der Waals surface area contributed by atoms with Crippen LogP contribution in [0.3, 0.4) is 0 Å². The summed E-state index contributed by atoms with van der Waals surface area (Å²) in [6.45, 7) is 3.87. The number of aromatic nitrogens is 5. The molecule has 6 nitrogen and oxygen atoms in total. The molecule has 0 aromatic carbocycles. The molecule has 3 rings (SSSR count). The van der Waals surface area contributed by atoms with E-state index in [9.17, 15) is 4.79 Å². The van der Waals surface area contributed by atoms with E-state index in [1.54, 1.807) is 15.4 Å². The molecular formula is C12H13N5O. The highest BCUT2D eigenvalue weighted by atomic mass is 16.1. The van der Waals surface area contributed by atoms with Crippen molar-refractivity contribution < 1.29 is 0 Å². The van der Waals surface area contributed by atoms with E-state index >= 15 is 0 Å². The fraction of sp³-hybridized carbons (Fsp3) is 0.250. The summed E-state index contributed by atoms with van der Waals surface area (Å²) in [5, 5.41) is 8.57. The van der Waals surface area contributed by atoms with Crippen LogP contribution >= 0.6 is 0 Å². The van der Waals surface area contributed by atoms with E-state index < -0.39 is 0 Å². The Labute approximate surface area is 103 Å². The van der Waals surface area contributed by atoms with Crippen LogP contribution in [-0.2, 0) is 7.05 Å². The van der Waals surface area contributed by atoms with Crippen LogP contribution in [0, 0.1) is 13.8 Å². The van der Waals surface area contributed by atoms with Gasteiger partial charge < -0.3 is 4.98 Å². The van der Waals surface area contributed by atoms with E-state index in [2.05, 4.69) is 15.2 Å². The lowest BCUT2D eigenvalue weighted by Gasteiger charge is -2.01. The van der Waals surface area contributed by atoms with Crippen molar-refractivity contribution in [3.05, 3.63) is 40.1 Å². The van der Waals surface area contributed by atoms with Crippen molar-refractivity contribution in [1.82, 2.24) is 24.4 Å². The zero-order chi connectivity index (χ0) is 12.9. The minimum absolute atomic E-state index is 0.135. The molecule has 92 valence electrons. The van der Waals surface area contributed by atoms with Crippen molar-refractivity contribution in [2.45, 2.75) is 13.8 Å². The summed E-state index contributed by atoms with van der Waals surface area (Å²) in [7, 11) is 1.84. The monoisotopic (exact) mass is 243 g/mol. The Morgan fingerprint density at radius 1 is 1.33 bits per heavy atom. The lowest BCUT2D eigenvalue weighted by molar-refractivity contribution is 0.768. The molecule has 0 aliphatic heterocycles. The van der Waals surface area contributed by atoms with Crippen LogP contribution in [0.15, 0.2) is 23.3 Å². The van der Waals surface area contributed by atoms with Crippen LogP contribution in [0.4, 0.5) is 0 Å². The van der Waals surface area contributed by atoms with Crippen molar-refractivity contribution in [3.63, 3.8) is 0 Å². The molecule has 1 N–H and O–H groups in total. The number of nitrogens with zero attached hydrogens (tertiary/aromatic N) is 4. The topological polar surface area (TPSA) is 68.0 Å². The second-order valence-corrected chi connectivity index (χ2v) is 4.39. The zero-order valence-electron chi connectivity index (χ0n) is 10.4. The second-order valence-electron chi connectivity index (χ2n) is 4.39. The van der Waals surface area contributed by atoms with E-state index in [1.807, 2.05) is 27.1 Å². The Morgan fingerprint density at radius 3 is 2.78 bits per heavy atom. The minimum Gasteiger partial charge on any atom is -0.307 e. The SMILES string of the molecule is Cc1nn2c(-c3cnn(C)c3)cc(=O)[nH]c2c1C. The number of hydrogen-bond donors (Lipinski definition) is 1. The maximum absolute atomic E-state index is 11.7. The fourth-order valence-corrected chi connectivity index (χ4v) is 2.02. The summed E-state index contributed by atoms with van der Waals surface area (Å²) in [6.07, 6.45) is 3.58. The van der Waals surface area contributed by atoms with Crippen molar-refractivity contribution in [2.24, 2.45) is 7.05 Å². The van der Waals surface area contributed by atoms with E-state index in [1.165, 1.54) is 6.07 Å². The molecule has 0 saturated heterocycles. The quantitative estimate of drug-likeness (QED) is 0.694. The molecule has 0 bridgehead atoms. The Morgan fingerprint density at radius 2 is 2.11 bits per heavy atom. The van der Waals surface area contributed by atoms with Crippen molar-refractivity contribution >= 4 is 5.65 Å². The molecule has 0 saturated carbocycles. The van der Waals surface area contributed by atoms with Gasteiger partial charge >= 0.3 is 0 Å². The molecule has 3 aromatic heterocycles. The van der Waals surface area contributed by atoms with E-state index in [0.717, 1.165) is 28.2 Å². The molecule has 3 aromatic rings. The molecule has 0 aliphatic rings. The van der Waals surface area contributed by atoms with Crippen LogP contribution in [0.25, 0.3) is 16.9 Å². The van der Waals surface area contributed by atoms with Crippen molar-refractivity contribution in [2.75, 3.05) is 0 Å². The van der Waals surface area contributed by atoms with E-state index in [0.29, 0.717) is 0 Å². The Kier molecular flexibility index (Phi) is 2.13. The number of rotatable bonds is 1. The average Bonchev–Trinajstić information content (AvgIpc) is 2.86. The third kappa shape index (κ3) is 1.46. The molecule has 0 atom stereocenters. The van der Waals surface area contributed by atoms with Crippen LogP contribution in [0.5, 0.6) is 0 Å². The highest BCUT2D eigenvalue weighted by molar-refractivity contribution is 5.62. The molecule has 0 amide bonds. The first-order valence-electron chi connectivity index (χ1n) is 5.64. The number of aryl methyl sites for hydroxylation is 3. The predicted molar refractivity (Wildman–Crippen MR) is 67.5 cm³/mol. The summed E-state index contributed by atoms with van der Waals surface area (Å²) >= 11 is 0. The lowest BCUT2D eigenvalue weighted by atomic mass is 10.2. The van der Waals surface area contributed by atoms with E-state index in [-0.39, 0.29) is 5.56 Å². The smallest absolute Gasteiger partial charge is 0.251 e. The normalized spacial score (nSPS) is 11.3. The number of aromatic amines is 1. The van der Waals surface area contributed by atoms with Gasteiger partial charge in [0.1, 0.15) is 5.65 Å². The first-order valence-corrected chi connectivity index (χ1v) is 5.64. The third-order valence-corrected chi connectivity index (χ3v) is 3.10. The van der Waals surface area contributed by atoms with Gasteiger partial charge in [0, 0.05) is 30.4 Å². The summed E-state index contributed by atoms with van der Waals surface area (Å²) in [5.41, 5.74) is 4.11. The Balaban J connectivity index is 2.42. The van der Waals surface area contributed by atoms with Crippen LogP contribution in [0.2, 0.25) is 0 Å². The van der Waals surface area contributed by atoms with Gasteiger partial charge in [-0.15, -0.1) is 0 Å². The summed E-state index contributed by atoms with van der Waals surface area (Å²) in [6, 6.07) is 1.54. The van der Waals surface area contributed by atoms with Gasteiger partial charge in [-0.05, 0) is 13.8 Å². The second kappa shape index (κ2) is 3.56. The summed E-state index contributed by atoms with van der Waals surface area (Å²) < 4.78 is 3.45. The molecule has 3 heterocycles. The van der Waals surface area contributed by atoms with Crippen LogP contribution in [-0.4, -0.2) is 24.4 Å². The maximum atomic E-state index is 11.7. The van der Waals surface area contributed by atoms with Gasteiger partial charge in [-0.2, -0.15) is 10.2 Å². The maximum Gasteiger partial charge on any atom is 0.251 e. The van der Waals surface area contributed by atoms with Gasteiger partial charge in [-0.3, -0.25) is 9.48 Å². The predicted octanol–water partition coefficient (Wildman–Crippen LogP) is 1.04. The Bertz CT molecular complexity index is 793. The molecule has 0 spiro atoms. The molecule has 0 fully saturated rings. The molecule has 6 heteroatoms. The number of H-pyrrole nitrogens is 1. The molecule has 0 aliphatic carbocycles. The van der Waals surface area contributed by atoms with Crippen molar-refractivity contribution in [1.29, 1.82) is 0 Å².